The first-order chi connectivity index (χ1) is 10.6. The van der Waals surface area contributed by atoms with Gasteiger partial charge in [0.05, 0.1) is 0 Å². The van der Waals surface area contributed by atoms with Crippen molar-refractivity contribution in [3.05, 3.63) is 18.0 Å². The molecule has 2 saturated heterocycles. The molecule has 0 amide bonds. The third-order valence-electron chi connectivity index (χ3n) is 4.54. The van der Waals surface area contributed by atoms with E-state index >= 15 is 0 Å². The molecular formula is C14H23N5O2S. The summed E-state index contributed by atoms with van der Waals surface area (Å²) in [5.74, 6) is 0.541. The smallest absolute Gasteiger partial charge is 0.281 e. The fourth-order valence-electron chi connectivity index (χ4n) is 3.26. The van der Waals surface area contributed by atoms with Crippen LogP contribution in [0.25, 0.3) is 0 Å². The number of piperidine rings is 2. The maximum atomic E-state index is 12.6. The average Bonchev–Trinajstić information content (AvgIpc) is 2.56. The largest absolute Gasteiger partial charge is 0.368 e. The molecule has 0 spiro atoms. The SMILES string of the molecule is Nc1nccc(C2CCN(S(=O)(=O)N3CCCCC3)CC2)n1. The van der Waals surface area contributed by atoms with Gasteiger partial charge in [0, 0.05) is 44.0 Å². The Bertz CT molecular complexity index is 607. The molecule has 3 rings (SSSR count). The van der Waals surface area contributed by atoms with E-state index < -0.39 is 10.2 Å². The van der Waals surface area contributed by atoms with E-state index in [4.69, 9.17) is 5.73 Å². The van der Waals surface area contributed by atoms with Crippen molar-refractivity contribution in [3.8, 4) is 0 Å². The number of hydrogen-bond donors (Lipinski definition) is 1. The van der Waals surface area contributed by atoms with Gasteiger partial charge in [-0.25, -0.2) is 9.97 Å². The van der Waals surface area contributed by atoms with E-state index in [1.54, 1.807) is 14.8 Å². The Morgan fingerprint density at radius 3 is 2.32 bits per heavy atom. The lowest BCUT2D eigenvalue weighted by Gasteiger charge is -2.36. The van der Waals surface area contributed by atoms with Crippen molar-refractivity contribution >= 4 is 16.2 Å². The van der Waals surface area contributed by atoms with E-state index in [0.29, 0.717) is 26.2 Å². The summed E-state index contributed by atoms with van der Waals surface area (Å²) < 4.78 is 28.6. The molecule has 0 aromatic carbocycles. The molecule has 3 heterocycles. The van der Waals surface area contributed by atoms with Crippen molar-refractivity contribution in [2.75, 3.05) is 31.9 Å². The zero-order valence-electron chi connectivity index (χ0n) is 12.7. The van der Waals surface area contributed by atoms with Crippen LogP contribution in [0.1, 0.15) is 43.7 Å². The molecular weight excluding hydrogens is 302 g/mol. The van der Waals surface area contributed by atoms with E-state index in [2.05, 4.69) is 9.97 Å². The monoisotopic (exact) mass is 325 g/mol. The number of nitrogens with two attached hydrogens (primary N) is 1. The molecule has 2 N–H and O–H groups in total. The van der Waals surface area contributed by atoms with E-state index in [-0.39, 0.29) is 11.9 Å². The standard InChI is InChI=1S/C14H23N5O2S/c15-14-16-7-4-13(17-14)12-5-10-19(11-6-12)22(20,21)18-8-2-1-3-9-18/h4,7,12H,1-3,5-6,8-11H2,(H2,15,16,17). The molecule has 1 aromatic rings. The van der Waals surface area contributed by atoms with Crippen LogP contribution >= 0.6 is 0 Å². The highest BCUT2D eigenvalue weighted by Gasteiger charge is 2.34. The van der Waals surface area contributed by atoms with Crippen LogP contribution in [0.2, 0.25) is 0 Å². The highest BCUT2D eigenvalue weighted by atomic mass is 32.2. The van der Waals surface area contributed by atoms with Gasteiger partial charge in [-0.1, -0.05) is 6.42 Å². The minimum absolute atomic E-state index is 0.262. The number of nitrogens with zero attached hydrogens (tertiary/aromatic N) is 4. The third-order valence-corrected chi connectivity index (χ3v) is 6.57. The van der Waals surface area contributed by atoms with Gasteiger partial charge >= 0.3 is 0 Å². The lowest BCUT2D eigenvalue weighted by molar-refractivity contribution is 0.269. The van der Waals surface area contributed by atoms with E-state index in [1.807, 2.05) is 6.07 Å². The second-order valence-electron chi connectivity index (χ2n) is 5.98. The molecule has 0 unspecified atom stereocenters. The summed E-state index contributed by atoms with van der Waals surface area (Å²) in [6.07, 6.45) is 6.29. The third kappa shape index (κ3) is 3.23. The summed E-state index contributed by atoms with van der Waals surface area (Å²) in [5.41, 5.74) is 6.54. The zero-order chi connectivity index (χ0) is 15.6. The molecule has 7 nitrogen and oxygen atoms in total. The van der Waals surface area contributed by atoms with Gasteiger partial charge in [0.15, 0.2) is 0 Å². The summed E-state index contributed by atoms with van der Waals surface area (Å²) in [6, 6.07) is 1.87. The number of nitrogen functional groups attached to an aromatic ring is 1. The first kappa shape index (κ1) is 15.6. The molecule has 2 aliphatic rings. The maximum Gasteiger partial charge on any atom is 0.281 e. The molecule has 1 aromatic heterocycles. The molecule has 22 heavy (non-hydrogen) atoms. The van der Waals surface area contributed by atoms with Crippen molar-refractivity contribution in [2.24, 2.45) is 0 Å². The number of rotatable bonds is 3. The summed E-state index contributed by atoms with van der Waals surface area (Å²) in [4.78, 5) is 8.17. The van der Waals surface area contributed by atoms with Crippen LogP contribution in [0.4, 0.5) is 5.95 Å². The highest BCUT2D eigenvalue weighted by Crippen LogP contribution is 2.29. The van der Waals surface area contributed by atoms with Gasteiger partial charge in [-0.3, -0.25) is 0 Å². The van der Waals surface area contributed by atoms with Gasteiger partial charge in [-0.15, -0.1) is 0 Å². The minimum Gasteiger partial charge on any atom is -0.368 e. The predicted molar refractivity (Wildman–Crippen MR) is 84.3 cm³/mol. The van der Waals surface area contributed by atoms with Crippen LogP contribution in [0.3, 0.4) is 0 Å². The van der Waals surface area contributed by atoms with Gasteiger partial charge in [-0.2, -0.15) is 17.0 Å². The molecule has 2 fully saturated rings. The van der Waals surface area contributed by atoms with Crippen molar-refractivity contribution in [1.82, 2.24) is 18.6 Å². The first-order valence-electron chi connectivity index (χ1n) is 7.91. The normalized spacial score (nSPS) is 22.7. The Kier molecular flexibility index (Phi) is 4.60. The minimum atomic E-state index is -3.29. The predicted octanol–water partition coefficient (Wildman–Crippen LogP) is 0.969. The van der Waals surface area contributed by atoms with Crippen LogP contribution in [-0.2, 0) is 10.2 Å². The molecule has 2 aliphatic heterocycles. The lowest BCUT2D eigenvalue weighted by atomic mass is 9.94. The molecule has 0 radical (unpaired) electrons. The number of hydrogen-bond acceptors (Lipinski definition) is 5. The summed E-state index contributed by atoms with van der Waals surface area (Å²) in [5, 5.41) is 0. The molecule has 8 heteroatoms. The summed E-state index contributed by atoms with van der Waals surface area (Å²) in [7, 11) is -3.29. The molecule has 122 valence electrons. The average molecular weight is 325 g/mol. The molecule has 0 atom stereocenters. The van der Waals surface area contributed by atoms with E-state index in [1.165, 1.54) is 0 Å². The fraction of sp³-hybridized carbons (Fsp3) is 0.714. The Hall–Kier alpha value is -1.25. The lowest BCUT2D eigenvalue weighted by Crippen LogP contribution is -2.48. The van der Waals surface area contributed by atoms with Crippen LogP contribution in [0, 0.1) is 0 Å². The van der Waals surface area contributed by atoms with Gasteiger partial charge in [-0.05, 0) is 31.7 Å². The van der Waals surface area contributed by atoms with Crippen molar-refractivity contribution in [1.29, 1.82) is 0 Å². The molecule has 0 aliphatic carbocycles. The van der Waals surface area contributed by atoms with Gasteiger partial charge in [0.25, 0.3) is 10.2 Å². The quantitative estimate of drug-likeness (QED) is 0.894. The van der Waals surface area contributed by atoms with Gasteiger partial charge in [0.2, 0.25) is 5.95 Å². The second-order valence-corrected chi connectivity index (χ2v) is 7.91. The van der Waals surface area contributed by atoms with Crippen LogP contribution in [-0.4, -0.2) is 53.2 Å². The second kappa shape index (κ2) is 6.47. The van der Waals surface area contributed by atoms with Crippen molar-refractivity contribution in [2.45, 2.75) is 38.0 Å². The number of anilines is 1. The van der Waals surface area contributed by atoms with Gasteiger partial charge < -0.3 is 5.73 Å². The Labute approximate surface area is 131 Å². The Morgan fingerprint density at radius 1 is 1.05 bits per heavy atom. The van der Waals surface area contributed by atoms with Crippen LogP contribution < -0.4 is 5.73 Å². The Morgan fingerprint density at radius 2 is 1.68 bits per heavy atom. The first-order valence-corrected chi connectivity index (χ1v) is 9.31. The Balaban J connectivity index is 1.63. The maximum absolute atomic E-state index is 12.6. The van der Waals surface area contributed by atoms with Crippen molar-refractivity contribution in [3.63, 3.8) is 0 Å². The summed E-state index contributed by atoms with van der Waals surface area (Å²) >= 11 is 0. The van der Waals surface area contributed by atoms with Crippen molar-refractivity contribution < 1.29 is 8.42 Å². The summed E-state index contributed by atoms with van der Waals surface area (Å²) in [6.45, 7) is 2.41. The fourth-order valence-corrected chi connectivity index (χ4v) is 4.98. The van der Waals surface area contributed by atoms with Crippen LogP contribution in [0.15, 0.2) is 12.3 Å². The highest BCUT2D eigenvalue weighted by molar-refractivity contribution is 7.86. The van der Waals surface area contributed by atoms with Gasteiger partial charge in [0.1, 0.15) is 0 Å². The number of aromatic nitrogens is 2. The van der Waals surface area contributed by atoms with E-state index in [9.17, 15) is 8.42 Å². The molecule has 0 saturated carbocycles. The topological polar surface area (TPSA) is 92.4 Å². The zero-order valence-corrected chi connectivity index (χ0v) is 13.5. The van der Waals surface area contributed by atoms with Crippen LogP contribution in [0.5, 0.6) is 0 Å². The van der Waals surface area contributed by atoms with E-state index in [0.717, 1.165) is 37.8 Å². The molecule has 0 bridgehead atoms.